The molecule has 0 aromatic carbocycles. The predicted molar refractivity (Wildman–Crippen MR) is 59.3 cm³/mol. The molecule has 1 aromatic rings. The number of nitrogens with zero attached hydrogens (tertiary/aromatic N) is 2. The smallest absolute Gasteiger partial charge is 0.128 e. The van der Waals surface area contributed by atoms with Gasteiger partial charge in [0.1, 0.15) is 5.82 Å². The van der Waals surface area contributed by atoms with Gasteiger partial charge in [-0.05, 0) is 19.1 Å². The molecule has 0 amide bonds. The molecular formula is C10H15ClN2O. The third-order valence-electron chi connectivity index (χ3n) is 2.21. The van der Waals surface area contributed by atoms with Crippen LogP contribution in [-0.4, -0.2) is 31.3 Å². The summed E-state index contributed by atoms with van der Waals surface area (Å²) in [6.45, 7) is 5.56. The monoisotopic (exact) mass is 214 g/mol. The highest BCUT2D eigenvalue weighted by molar-refractivity contribution is 5.85. The number of hydrogen-bond donors (Lipinski definition) is 0. The zero-order chi connectivity index (χ0) is 9.10. The maximum Gasteiger partial charge on any atom is 0.128 e. The highest BCUT2D eigenvalue weighted by atomic mass is 35.5. The van der Waals surface area contributed by atoms with Crippen LogP contribution in [-0.2, 0) is 4.74 Å². The lowest BCUT2D eigenvalue weighted by atomic mass is 10.3. The first-order valence-electron chi connectivity index (χ1n) is 4.62. The second-order valence-corrected chi connectivity index (χ2v) is 3.24. The molecule has 3 nitrogen and oxygen atoms in total. The summed E-state index contributed by atoms with van der Waals surface area (Å²) < 4.78 is 5.28. The summed E-state index contributed by atoms with van der Waals surface area (Å²) in [5, 5.41) is 0. The van der Waals surface area contributed by atoms with Crippen LogP contribution in [0.1, 0.15) is 5.69 Å². The van der Waals surface area contributed by atoms with Gasteiger partial charge in [-0.25, -0.2) is 4.98 Å². The predicted octanol–water partition coefficient (Wildman–Crippen LogP) is 1.65. The van der Waals surface area contributed by atoms with E-state index in [9.17, 15) is 0 Å². The number of anilines is 1. The molecule has 78 valence electrons. The summed E-state index contributed by atoms with van der Waals surface area (Å²) in [5.41, 5.74) is 1.07. The highest BCUT2D eigenvalue weighted by Crippen LogP contribution is 2.12. The standard InChI is InChI=1S/C10H14N2O.ClH/c1-9-3-2-4-10(11-9)12-5-7-13-8-6-12;/h2-4H,5-8H2,1H3;1H. The maximum absolute atomic E-state index is 5.28. The van der Waals surface area contributed by atoms with Gasteiger partial charge in [0.15, 0.2) is 0 Å². The first-order valence-corrected chi connectivity index (χ1v) is 4.62. The van der Waals surface area contributed by atoms with Crippen molar-refractivity contribution in [1.82, 2.24) is 4.98 Å². The van der Waals surface area contributed by atoms with E-state index in [2.05, 4.69) is 16.0 Å². The van der Waals surface area contributed by atoms with E-state index < -0.39 is 0 Å². The molecule has 0 spiro atoms. The van der Waals surface area contributed by atoms with Crippen molar-refractivity contribution in [3.05, 3.63) is 23.9 Å². The van der Waals surface area contributed by atoms with Gasteiger partial charge in [-0.2, -0.15) is 0 Å². The summed E-state index contributed by atoms with van der Waals surface area (Å²) in [5.74, 6) is 1.07. The van der Waals surface area contributed by atoms with Crippen molar-refractivity contribution in [3.63, 3.8) is 0 Å². The molecule has 1 fully saturated rings. The SMILES string of the molecule is Cc1cccc(N2CCOCC2)n1.Cl. The molecule has 1 saturated heterocycles. The Hall–Kier alpha value is -0.800. The minimum absolute atomic E-state index is 0. The Morgan fingerprint density at radius 2 is 2.00 bits per heavy atom. The number of rotatable bonds is 1. The topological polar surface area (TPSA) is 25.4 Å². The molecule has 0 atom stereocenters. The van der Waals surface area contributed by atoms with Gasteiger partial charge in [0.25, 0.3) is 0 Å². The fourth-order valence-electron chi connectivity index (χ4n) is 1.50. The van der Waals surface area contributed by atoms with E-state index in [-0.39, 0.29) is 12.4 Å². The van der Waals surface area contributed by atoms with Crippen LogP contribution in [0.2, 0.25) is 0 Å². The fraction of sp³-hybridized carbons (Fsp3) is 0.500. The molecule has 1 aliphatic heterocycles. The minimum Gasteiger partial charge on any atom is -0.378 e. The number of aromatic nitrogens is 1. The Balaban J connectivity index is 0.000000980. The Morgan fingerprint density at radius 1 is 1.29 bits per heavy atom. The average molecular weight is 215 g/mol. The molecule has 1 aliphatic rings. The summed E-state index contributed by atoms with van der Waals surface area (Å²) in [6.07, 6.45) is 0. The number of hydrogen-bond acceptors (Lipinski definition) is 3. The van der Waals surface area contributed by atoms with Crippen LogP contribution in [0.4, 0.5) is 5.82 Å². The molecule has 0 saturated carbocycles. The zero-order valence-electron chi connectivity index (χ0n) is 8.27. The molecule has 0 unspecified atom stereocenters. The van der Waals surface area contributed by atoms with E-state index in [1.54, 1.807) is 0 Å². The van der Waals surface area contributed by atoms with Crippen molar-refractivity contribution in [2.75, 3.05) is 31.2 Å². The summed E-state index contributed by atoms with van der Waals surface area (Å²) >= 11 is 0. The van der Waals surface area contributed by atoms with Gasteiger partial charge in [0.2, 0.25) is 0 Å². The van der Waals surface area contributed by atoms with Gasteiger partial charge in [0, 0.05) is 18.8 Å². The molecule has 14 heavy (non-hydrogen) atoms. The lowest BCUT2D eigenvalue weighted by Gasteiger charge is -2.27. The molecule has 0 bridgehead atoms. The summed E-state index contributed by atoms with van der Waals surface area (Å²) in [4.78, 5) is 6.73. The van der Waals surface area contributed by atoms with Crippen molar-refractivity contribution < 1.29 is 4.74 Å². The fourth-order valence-corrected chi connectivity index (χ4v) is 1.50. The number of ether oxygens (including phenoxy) is 1. The van der Waals surface area contributed by atoms with Crippen molar-refractivity contribution >= 4 is 18.2 Å². The first-order chi connectivity index (χ1) is 6.36. The molecule has 1 aromatic heterocycles. The highest BCUT2D eigenvalue weighted by Gasteiger charge is 2.11. The second kappa shape index (κ2) is 5.17. The molecule has 0 N–H and O–H groups in total. The lowest BCUT2D eigenvalue weighted by Crippen LogP contribution is -2.36. The van der Waals surface area contributed by atoms with Gasteiger partial charge in [-0.15, -0.1) is 12.4 Å². The Morgan fingerprint density at radius 3 is 2.64 bits per heavy atom. The van der Waals surface area contributed by atoms with Crippen LogP contribution in [0.15, 0.2) is 18.2 Å². The van der Waals surface area contributed by atoms with Crippen molar-refractivity contribution in [2.45, 2.75) is 6.92 Å². The van der Waals surface area contributed by atoms with Crippen LogP contribution in [0.5, 0.6) is 0 Å². The van der Waals surface area contributed by atoms with Gasteiger partial charge >= 0.3 is 0 Å². The van der Waals surface area contributed by atoms with Crippen LogP contribution >= 0.6 is 12.4 Å². The molecule has 2 rings (SSSR count). The van der Waals surface area contributed by atoms with Crippen LogP contribution in [0.3, 0.4) is 0 Å². The second-order valence-electron chi connectivity index (χ2n) is 3.24. The first kappa shape index (κ1) is 11.3. The largest absolute Gasteiger partial charge is 0.378 e. The molecule has 0 radical (unpaired) electrons. The van der Waals surface area contributed by atoms with Crippen molar-refractivity contribution in [3.8, 4) is 0 Å². The van der Waals surface area contributed by atoms with Gasteiger partial charge in [-0.3, -0.25) is 0 Å². The van der Waals surface area contributed by atoms with E-state index >= 15 is 0 Å². The van der Waals surface area contributed by atoms with Gasteiger partial charge < -0.3 is 9.64 Å². The van der Waals surface area contributed by atoms with Crippen molar-refractivity contribution in [1.29, 1.82) is 0 Å². The third kappa shape index (κ3) is 2.59. The average Bonchev–Trinajstić information content (AvgIpc) is 2.19. The van der Waals surface area contributed by atoms with Crippen LogP contribution in [0.25, 0.3) is 0 Å². The van der Waals surface area contributed by atoms with E-state index in [1.165, 1.54) is 0 Å². The number of pyridine rings is 1. The molecule has 2 heterocycles. The zero-order valence-corrected chi connectivity index (χ0v) is 9.09. The van der Waals surface area contributed by atoms with Crippen LogP contribution in [0, 0.1) is 6.92 Å². The van der Waals surface area contributed by atoms with E-state index in [0.29, 0.717) is 0 Å². The van der Waals surface area contributed by atoms with E-state index in [1.807, 2.05) is 19.1 Å². The quantitative estimate of drug-likeness (QED) is 0.711. The van der Waals surface area contributed by atoms with Crippen LogP contribution < -0.4 is 4.90 Å². The normalized spacial score (nSPS) is 16.2. The van der Waals surface area contributed by atoms with Gasteiger partial charge in [0.05, 0.1) is 13.2 Å². The Labute approximate surface area is 90.5 Å². The molecular weight excluding hydrogens is 200 g/mol. The third-order valence-corrected chi connectivity index (χ3v) is 2.21. The van der Waals surface area contributed by atoms with Crippen molar-refractivity contribution in [2.24, 2.45) is 0 Å². The van der Waals surface area contributed by atoms with Gasteiger partial charge in [-0.1, -0.05) is 6.07 Å². The molecule has 4 heteroatoms. The Kier molecular flexibility index (Phi) is 4.17. The molecule has 0 aliphatic carbocycles. The maximum atomic E-state index is 5.28. The summed E-state index contributed by atoms with van der Waals surface area (Å²) in [7, 11) is 0. The van der Waals surface area contributed by atoms with E-state index in [4.69, 9.17) is 4.74 Å². The Bertz CT molecular complexity index is 287. The summed E-state index contributed by atoms with van der Waals surface area (Å²) in [6, 6.07) is 6.12. The number of aryl methyl sites for hydroxylation is 1. The number of halogens is 1. The van der Waals surface area contributed by atoms with E-state index in [0.717, 1.165) is 37.8 Å². The lowest BCUT2D eigenvalue weighted by molar-refractivity contribution is 0.122. The minimum atomic E-state index is 0. The number of morpholine rings is 1.